The third-order valence-corrected chi connectivity index (χ3v) is 4.43. The van der Waals surface area contributed by atoms with Gasteiger partial charge in [0, 0.05) is 17.5 Å². The molecular weight excluding hydrogens is 302 g/mol. The lowest BCUT2D eigenvalue weighted by atomic mass is 10.1. The zero-order chi connectivity index (χ0) is 16.5. The Labute approximate surface area is 139 Å². The molecule has 0 aliphatic carbocycles. The number of H-pyrrole nitrogens is 1. The second-order valence-corrected chi connectivity index (χ2v) is 6.03. The van der Waals surface area contributed by atoms with Crippen LogP contribution in [0.5, 0.6) is 0 Å². The van der Waals surface area contributed by atoms with Crippen molar-refractivity contribution in [3.63, 3.8) is 0 Å². The van der Waals surface area contributed by atoms with E-state index in [0.717, 1.165) is 40.3 Å². The maximum atomic E-state index is 5.96. The molecule has 1 N–H and O–H groups in total. The Morgan fingerprint density at radius 2 is 2.08 bits per heavy atom. The van der Waals surface area contributed by atoms with Gasteiger partial charge in [0.25, 0.3) is 0 Å². The lowest BCUT2D eigenvalue weighted by Gasteiger charge is -2.22. The zero-order valence-corrected chi connectivity index (χ0v) is 13.7. The molecule has 3 heterocycles. The van der Waals surface area contributed by atoms with Gasteiger partial charge in [-0.25, -0.2) is 0 Å². The van der Waals surface area contributed by atoms with Gasteiger partial charge in [-0.2, -0.15) is 5.10 Å². The number of nitrogens with one attached hydrogen (secondary N) is 1. The van der Waals surface area contributed by atoms with Crippen molar-refractivity contribution in [1.29, 1.82) is 0 Å². The molecule has 24 heavy (non-hydrogen) atoms. The van der Waals surface area contributed by atoms with Gasteiger partial charge in [0.15, 0.2) is 5.76 Å². The summed E-state index contributed by atoms with van der Waals surface area (Å²) >= 11 is 0. The summed E-state index contributed by atoms with van der Waals surface area (Å²) in [6.07, 6.45) is 3.56. The molecule has 0 radical (unpaired) electrons. The highest BCUT2D eigenvalue weighted by molar-refractivity contribution is 5.82. The highest BCUT2D eigenvalue weighted by Gasteiger charge is 2.18. The Morgan fingerprint density at radius 3 is 2.88 bits per heavy atom. The number of aromatic amines is 1. The highest BCUT2D eigenvalue weighted by Crippen LogP contribution is 2.30. The number of fused-ring (bicyclic) bond motifs is 1. The summed E-state index contributed by atoms with van der Waals surface area (Å²) in [7, 11) is 2.07. The second-order valence-electron chi connectivity index (χ2n) is 6.03. The largest absolute Gasteiger partial charge is 0.468 e. The van der Waals surface area contributed by atoms with Crippen LogP contribution in [0.4, 0.5) is 0 Å². The van der Waals surface area contributed by atoms with Gasteiger partial charge in [0.1, 0.15) is 17.0 Å². The van der Waals surface area contributed by atoms with Crippen LogP contribution >= 0.6 is 0 Å². The molecule has 5 nitrogen and oxygen atoms in total. The smallest absolute Gasteiger partial charge is 0.153 e. The van der Waals surface area contributed by atoms with Gasteiger partial charge in [-0.3, -0.25) is 10.00 Å². The molecule has 3 aromatic heterocycles. The summed E-state index contributed by atoms with van der Waals surface area (Å²) in [6, 6.07) is 14.1. The van der Waals surface area contributed by atoms with E-state index in [2.05, 4.69) is 29.1 Å². The summed E-state index contributed by atoms with van der Waals surface area (Å²) in [5.41, 5.74) is 2.89. The molecule has 0 fully saturated rings. The van der Waals surface area contributed by atoms with Crippen molar-refractivity contribution in [3.05, 3.63) is 66.2 Å². The minimum Gasteiger partial charge on any atom is -0.468 e. The summed E-state index contributed by atoms with van der Waals surface area (Å²) in [6.45, 7) is 2.87. The number of rotatable bonds is 5. The van der Waals surface area contributed by atoms with E-state index in [4.69, 9.17) is 8.83 Å². The van der Waals surface area contributed by atoms with Gasteiger partial charge >= 0.3 is 0 Å². The lowest BCUT2D eigenvalue weighted by Crippen LogP contribution is -2.21. The van der Waals surface area contributed by atoms with E-state index in [0.29, 0.717) is 0 Å². The average Bonchev–Trinajstić information content (AvgIpc) is 3.33. The molecule has 0 aliphatic heterocycles. The number of aromatic nitrogens is 2. The quantitative estimate of drug-likeness (QED) is 0.583. The molecule has 0 amide bonds. The molecule has 0 bridgehead atoms. The highest BCUT2D eigenvalue weighted by atomic mass is 16.3. The fourth-order valence-electron chi connectivity index (χ4n) is 2.90. The van der Waals surface area contributed by atoms with Crippen LogP contribution in [0.15, 0.2) is 63.8 Å². The van der Waals surface area contributed by atoms with Gasteiger partial charge < -0.3 is 8.83 Å². The zero-order valence-electron chi connectivity index (χ0n) is 13.7. The topological polar surface area (TPSA) is 58.2 Å². The molecule has 0 spiro atoms. The first-order valence-corrected chi connectivity index (χ1v) is 7.97. The molecule has 5 heteroatoms. The predicted octanol–water partition coefficient (Wildman–Crippen LogP) is 4.61. The summed E-state index contributed by atoms with van der Waals surface area (Å²) < 4.78 is 11.5. The van der Waals surface area contributed by atoms with Gasteiger partial charge in [0.2, 0.25) is 0 Å². The van der Waals surface area contributed by atoms with Crippen molar-refractivity contribution in [2.24, 2.45) is 0 Å². The first-order chi connectivity index (χ1) is 11.7. The third kappa shape index (κ3) is 2.63. The number of hydrogen-bond acceptors (Lipinski definition) is 4. The monoisotopic (exact) mass is 321 g/mol. The molecular formula is C19H19N3O2. The molecule has 4 aromatic rings. The fourth-order valence-corrected chi connectivity index (χ4v) is 2.90. The molecule has 0 saturated heterocycles. The predicted molar refractivity (Wildman–Crippen MR) is 92.4 cm³/mol. The van der Waals surface area contributed by atoms with E-state index in [-0.39, 0.29) is 6.04 Å². The van der Waals surface area contributed by atoms with Crippen molar-refractivity contribution >= 4 is 11.0 Å². The van der Waals surface area contributed by atoms with Crippen molar-refractivity contribution in [1.82, 2.24) is 15.1 Å². The summed E-state index contributed by atoms with van der Waals surface area (Å²) in [5, 5.41) is 8.37. The van der Waals surface area contributed by atoms with E-state index >= 15 is 0 Å². The van der Waals surface area contributed by atoms with E-state index in [9.17, 15) is 0 Å². The van der Waals surface area contributed by atoms with Crippen molar-refractivity contribution in [3.8, 4) is 11.5 Å². The Kier molecular flexibility index (Phi) is 3.70. The summed E-state index contributed by atoms with van der Waals surface area (Å²) in [5.74, 6) is 1.76. The van der Waals surface area contributed by atoms with Gasteiger partial charge in [0.05, 0.1) is 18.5 Å². The van der Waals surface area contributed by atoms with Crippen LogP contribution < -0.4 is 0 Å². The maximum Gasteiger partial charge on any atom is 0.153 e. The molecule has 1 atom stereocenters. The molecule has 0 aliphatic rings. The number of benzene rings is 1. The van der Waals surface area contributed by atoms with E-state index in [1.807, 2.05) is 48.7 Å². The second kappa shape index (κ2) is 6.02. The third-order valence-electron chi connectivity index (χ3n) is 4.43. The first-order valence-electron chi connectivity index (χ1n) is 7.97. The van der Waals surface area contributed by atoms with E-state index < -0.39 is 0 Å². The van der Waals surface area contributed by atoms with Crippen LogP contribution in [-0.4, -0.2) is 22.1 Å². The molecule has 1 aromatic carbocycles. The number of furan rings is 2. The molecule has 122 valence electrons. The Hall–Kier alpha value is -2.79. The SMILES string of the molecule is CC(c1ccco1)N(C)Cc1cn[nH]c1-c1cc2ccccc2o1. The van der Waals surface area contributed by atoms with Crippen molar-refractivity contribution in [2.75, 3.05) is 7.05 Å². The standard InChI is InChI=1S/C19H19N3O2/c1-13(16-8-5-9-23-16)22(2)12-15-11-20-21-19(15)18-10-14-6-3-4-7-17(14)24-18/h3-11,13H,12H2,1-2H3,(H,20,21). The van der Waals surface area contributed by atoms with Gasteiger partial charge in [-0.05, 0) is 38.2 Å². The van der Waals surface area contributed by atoms with Crippen LogP contribution in [0, 0.1) is 0 Å². The normalized spacial score (nSPS) is 13.0. The molecule has 4 rings (SSSR count). The van der Waals surface area contributed by atoms with Crippen LogP contribution in [0.3, 0.4) is 0 Å². The van der Waals surface area contributed by atoms with E-state index in [1.54, 1.807) is 6.26 Å². The lowest BCUT2D eigenvalue weighted by molar-refractivity contribution is 0.223. The van der Waals surface area contributed by atoms with Crippen molar-refractivity contribution in [2.45, 2.75) is 19.5 Å². The minimum atomic E-state index is 0.179. The number of para-hydroxylation sites is 1. The molecule has 1 unspecified atom stereocenters. The maximum absolute atomic E-state index is 5.96. The van der Waals surface area contributed by atoms with Crippen LogP contribution in [0.25, 0.3) is 22.4 Å². The van der Waals surface area contributed by atoms with Gasteiger partial charge in [-0.15, -0.1) is 0 Å². The fraction of sp³-hybridized carbons (Fsp3) is 0.211. The Bertz CT molecular complexity index is 904. The average molecular weight is 321 g/mol. The minimum absolute atomic E-state index is 0.179. The van der Waals surface area contributed by atoms with Crippen LogP contribution in [-0.2, 0) is 6.54 Å². The van der Waals surface area contributed by atoms with Gasteiger partial charge in [-0.1, -0.05) is 18.2 Å². The Balaban J connectivity index is 1.60. The van der Waals surface area contributed by atoms with Crippen LogP contribution in [0.1, 0.15) is 24.3 Å². The first kappa shape index (κ1) is 14.8. The number of nitrogens with zero attached hydrogens (tertiary/aromatic N) is 2. The van der Waals surface area contributed by atoms with Crippen LogP contribution in [0.2, 0.25) is 0 Å². The Morgan fingerprint density at radius 1 is 1.21 bits per heavy atom. The van der Waals surface area contributed by atoms with E-state index in [1.165, 1.54) is 0 Å². The van der Waals surface area contributed by atoms with Crippen molar-refractivity contribution < 1.29 is 8.83 Å². The summed E-state index contributed by atoms with van der Waals surface area (Å²) in [4.78, 5) is 2.22. The molecule has 0 saturated carbocycles. The number of hydrogen-bond donors (Lipinski definition) is 1.